The maximum Gasteiger partial charge on any atom is 0.312 e. The van der Waals surface area contributed by atoms with Gasteiger partial charge >= 0.3 is 6.41 Å². The van der Waals surface area contributed by atoms with E-state index in [9.17, 15) is 4.79 Å². The summed E-state index contributed by atoms with van der Waals surface area (Å²) in [5.41, 5.74) is 0. The molecule has 9 heavy (non-hydrogen) atoms. The van der Waals surface area contributed by atoms with Crippen molar-refractivity contribution < 1.29 is 10.0 Å². The second-order valence-corrected chi connectivity index (χ2v) is 2.03. The predicted octanol–water partition coefficient (Wildman–Crippen LogP) is -0.940. The summed E-state index contributed by atoms with van der Waals surface area (Å²) in [5.74, 6) is 0. The molecule has 1 N–H and O–H groups in total. The van der Waals surface area contributed by atoms with Gasteiger partial charge in [-0.15, -0.1) is 0 Å². The standard InChI is InChI=1S/C5H9N2O2/c8-5-6-1-3-7(9)4-2-6/h9H,1-4H2. The third-order valence-corrected chi connectivity index (χ3v) is 1.39. The lowest BCUT2D eigenvalue weighted by molar-refractivity contribution is -0.109. The minimum Gasteiger partial charge on any atom is -0.332 e. The fourth-order valence-electron chi connectivity index (χ4n) is 0.787. The second-order valence-electron chi connectivity index (χ2n) is 2.03. The SMILES string of the molecule is O=[C]N1CCN(O)CC1. The largest absolute Gasteiger partial charge is 0.332 e. The molecule has 0 aromatic heterocycles. The number of piperazine rings is 1. The molecule has 0 unspecified atom stereocenters. The molecule has 0 atom stereocenters. The lowest BCUT2D eigenvalue weighted by Crippen LogP contribution is -2.43. The first-order valence-electron chi connectivity index (χ1n) is 2.89. The molecule has 0 aromatic carbocycles. The van der Waals surface area contributed by atoms with E-state index in [0.29, 0.717) is 26.2 Å². The Labute approximate surface area is 53.6 Å². The monoisotopic (exact) mass is 129 g/mol. The van der Waals surface area contributed by atoms with Crippen LogP contribution in [0.2, 0.25) is 0 Å². The molecule has 0 aliphatic carbocycles. The average Bonchev–Trinajstić information content (AvgIpc) is 1.90. The second kappa shape index (κ2) is 2.80. The van der Waals surface area contributed by atoms with Crippen LogP contribution >= 0.6 is 0 Å². The number of hydrogen-bond donors (Lipinski definition) is 1. The predicted molar refractivity (Wildman–Crippen MR) is 30.6 cm³/mol. The van der Waals surface area contributed by atoms with Crippen molar-refractivity contribution in [1.82, 2.24) is 9.96 Å². The molecule has 1 rings (SSSR count). The highest BCUT2D eigenvalue weighted by atomic mass is 16.5. The molecule has 1 heterocycles. The third kappa shape index (κ3) is 1.65. The topological polar surface area (TPSA) is 43.8 Å². The highest BCUT2D eigenvalue weighted by Gasteiger charge is 2.12. The third-order valence-electron chi connectivity index (χ3n) is 1.39. The zero-order valence-electron chi connectivity index (χ0n) is 5.08. The van der Waals surface area contributed by atoms with Crippen LogP contribution in [0.3, 0.4) is 0 Å². The quantitative estimate of drug-likeness (QED) is 0.497. The highest BCUT2D eigenvalue weighted by molar-refractivity contribution is 5.48. The van der Waals surface area contributed by atoms with E-state index in [1.54, 1.807) is 6.41 Å². The van der Waals surface area contributed by atoms with E-state index in [1.165, 1.54) is 9.96 Å². The Morgan fingerprint density at radius 3 is 2.22 bits per heavy atom. The number of hydroxylamine groups is 2. The van der Waals surface area contributed by atoms with Crippen LogP contribution < -0.4 is 0 Å². The molecule has 1 saturated heterocycles. The van der Waals surface area contributed by atoms with E-state index >= 15 is 0 Å². The summed E-state index contributed by atoms with van der Waals surface area (Å²) in [6.45, 7) is 2.24. The van der Waals surface area contributed by atoms with Crippen molar-refractivity contribution in [2.24, 2.45) is 0 Å². The van der Waals surface area contributed by atoms with Crippen LogP contribution in [0.1, 0.15) is 0 Å². The van der Waals surface area contributed by atoms with Crippen molar-refractivity contribution in [3.05, 3.63) is 0 Å². The van der Waals surface area contributed by atoms with E-state index in [-0.39, 0.29) is 0 Å². The van der Waals surface area contributed by atoms with Crippen LogP contribution in [0.4, 0.5) is 0 Å². The Hall–Kier alpha value is -0.610. The van der Waals surface area contributed by atoms with Gasteiger partial charge in [0.05, 0.1) is 0 Å². The normalized spacial score (nSPS) is 22.1. The van der Waals surface area contributed by atoms with E-state index < -0.39 is 0 Å². The molecule has 1 aliphatic rings. The van der Waals surface area contributed by atoms with E-state index in [1.807, 2.05) is 0 Å². The molecule has 51 valence electrons. The number of carbonyl (C=O) groups excluding carboxylic acids is 1. The lowest BCUT2D eigenvalue weighted by atomic mass is 10.4. The summed E-state index contributed by atoms with van der Waals surface area (Å²) in [6, 6.07) is 0. The Morgan fingerprint density at radius 1 is 1.22 bits per heavy atom. The molecule has 1 fully saturated rings. The summed E-state index contributed by atoms with van der Waals surface area (Å²) in [7, 11) is 0. The molecular weight excluding hydrogens is 120 g/mol. The van der Waals surface area contributed by atoms with Gasteiger partial charge < -0.3 is 10.1 Å². The first kappa shape index (κ1) is 6.51. The molecule has 4 nitrogen and oxygen atoms in total. The van der Waals surface area contributed by atoms with Crippen LogP contribution in [-0.2, 0) is 4.79 Å². The molecule has 4 heteroatoms. The Balaban J connectivity index is 2.26. The van der Waals surface area contributed by atoms with Gasteiger partial charge in [0.1, 0.15) is 0 Å². The van der Waals surface area contributed by atoms with Crippen LogP contribution in [0.5, 0.6) is 0 Å². The van der Waals surface area contributed by atoms with Gasteiger partial charge in [0.25, 0.3) is 0 Å². The van der Waals surface area contributed by atoms with Gasteiger partial charge in [-0.2, -0.15) is 5.06 Å². The molecule has 1 radical (unpaired) electrons. The molecule has 0 aromatic rings. The first-order valence-corrected chi connectivity index (χ1v) is 2.89. The maximum atomic E-state index is 9.97. The molecule has 1 amide bonds. The number of amides is 1. The van der Waals surface area contributed by atoms with Crippen LogP contribution in [0, 0.1) is 0 Å². The van der Waals surface area contributed by atoms with Crippen molar-refractivity contribution in [1.29, 1.82) is 0 Å². The minimum absolute atomic E-state index is 0.537. The summed E-state index contributed by atoms with van der Waals surface area (Å²) in [4.78, 5) is 11.5. The van der Waals surface area contributed by atoms with Crippen LogP contribution in [0.15, 0.2) is 0 Å². The summed E-state index contributed by atoms with van der Waals surface area (Å²) in [5, 5.41) is 10.0. The summed E-state index contributed by atoms with van der Waals surface area (Å²) < 4.78 is 0. The number of rotatable bonds is 1. The zero-order valence-corrected chi connectivity index (χ0v) is 5.08. The average molecular weight is 129 g/mol. The van der Waals surface area contributed by atoms with Crippen LogP contribution in [0.25, 0.3) is 0 Å². The van der Waals surface area contributed by atoms with Crippen molar-refractivity contribution >= 4 is 6.41 Å². The van der Waals surface area contributed by atoms with Crippen molar-refractivity contribution in [2.45, 2.75) is 0 Å². The Morgan fingerprint density at radius 2 is 1.78 bits per heavy atom. The van der Waals surface area contributed by atoms with E-state index in [4.69, 9.17) is 5.21 Å². The highest BCUT2D eigenvalue weighted by Crippen LogP contribution is 1.93. The molecule has 0 spiro atoms. The molecule has 1 aliphatic heterocycles. The van der Waals surface area contributed by atoms with Gasteiger partial charge in [-0.25, -0.2) is 0 Å². The minimum atomic E-state index is 0.537. The van der Waals surface area contributed by atoms with Gasteiger partial charge in [-0.3, -0.25) is 4.79 Å². The molecule has 0 saturated carbocycles. The van der Waals surface area contributed by atoms with Gasteiger partial charge in [0, 0.05) is 26.2 Å². The van der Waals surface area contributed by atoms with Crippen molar-refractivity contribution in [3.63, 3.8) is 0 Å². The fraction of sp³-hybridized carbons (Fsp3) is 0.800. The number of nitrogens with zero attached hydrogens (tertiary/aromatic N) is 2. The summed E-state index contributed by atoms with van der Waals surface area (Å²) >= 11 is 0. The number of hydrogen-bond acceptors (Lipinski definition) is 3. The molecule has 0 bridgehead atoms. The fourth-order valence-corrected chi connectivity index (χ4v) is 0.787. The Kier molecular flexibility index (Phi) is 2.02. The summed E-state index contributed by atoms with van der Waals surface area (Å²) in [6.07, 6.45) is 1.77. The zero-order chi connectivity index (χ0) is 6.69. The molecular formula is C5H9N2O2. The van der Waals surface area contributed by atoms with Crippen molar-refractivity contribution in [2.75, 3.05) is 26.2 Å². The van der Waals surface area contributed by atoms with E-state index in [0.717, 1.165) is 0 Å². The maximum absolute atomic E-state index is 9.97. The van der Waals surface area contributed by atoms with E-state index in [2.05, 4.69) is 0 Å². The van der Waals surface area contributed by atoms with Crippen molar-refractivity contribution in [3.8, 4) is 0 Å². The Bertz CT molecular complexity index is 99.1. The first-order chi connectivity index (χ1) is 4.33. The van der Waals surface area contributed by atoms with Gasteiger partial charge in [-0.05, 0) is 0 Å². The van der Waals surface area contributed by atoms with Gasteiger partial charge in [-0.1, -0.05) is 0 Å². The smallest absolute Gasteiger partial charge is 0.312 e. The lowest BCUT2D eigenvalue weighted by Gasteiger charge is -2.26. The van der Waals surface area contributed by atoms with Gasteiger partial charge in [0.2, 0.25) is 0 Å². The van der Waals surface area contributed by atoms with Gasteiger partial charge in [0.15, 0.2) is 0 Å². The van der Waals surface area contributed by atoms with Crippen LogP contribution in [-0.4, -0.2) is 47.8 Å².